The number of nitrogens with one attached hydrogen (secondary N) is 1. The summed E-state index contributed by atoms with van der Waals surface area (Å²) in [7, 11) is 1.73. The fourth-order valence-corrected chi connectivity index (χ4v) is 6.90. The van der Waals surface area contributed by atoms with Crippen LogP contribution in [0.2, 0.25) is 5.02 Å². The minimum Gasteiger partial charge on any atom is -0.475 e. The van der Waals surface area contributed by atoms with Crippen molar-refractivity contribution in [3.8, 4) is 23.1 Å². The van der Waals surface area contributed by atoms with Gasteiger partial charge in [-0.2, -0.15) is 28.2 Å². The van der Waals surface area contributed by atoms with Crippen LogP contribution in [0, 0.1) is 11.6 Å². The number of likely N-dealkylation sites (N-methyl/N-ethyl adjacent to an activating group) is 1. The lowest BCUT2D eigenvalue weighted by Gasteiger charge is -2.35. The molecule has 1 saturated heterocycles. The standard InChI is InChI=1S/C31H28ClF6N9O2/c1-12-10-48-29-22-26(24(35)25(42-29)21-18-8-41-45-20(18)6-19(32)23(21)31(36,37)38)43-30(49-11-16-4-15(34)9-46(16)3)44-28(22)47(12)13(2)17-5-14(33)7-40-27(17)39/h5-8,12-13,15-16H,4,9-11H2,1-3H3,(H2,39,40)(H,41,45)/t12-,13+,15+,16-/m0/s1. The van der Waals surface area contributed by atoms with E-state index in [1.54, 1.807) is 30.7 Å². The van der Waals surface area contributed by atoms with Gasteiger partial charge < -0.3 is 20.1 Å². The third-order valence-electron chi connectivity index (χ3n) is 8.94. The average Bonchev–Trinajstić information content (AvgIpc) is 3.60. The SMILES string of the molecule is C[C@H](c1cc(F)cnc1N)N1c2nc(OC[C@@H]3C[C@@H](F)CN3C)nc3c(F)c(-c4c(C(F)(F)F)c(Cl)cc5[nH]ncc45)nc(c23)OC[C@@H]1C. The molecule has 0 aliphatic carbocycles. The van der Waals surface area contributed by atoms with Gasteiger partial charge >= 0.3 is 12.2 Å². The number of nitrogen functional groups attached to an aromatic ring is 1. The second-order valence-electron chi connectivity index (χ2n) is 12.2. The Hall–Kier alpha value is -4.64. The van der Waals surface area contributed by atoms with Gasteiger partial charge in [0.2, 0.25) is 5.88 Å². The van der Waals surface area contributed by atoms with E-state index in [-0.39, 0.29) is 77.6 Å². The highest BCUT2D eigenvalue weighted by atomic mass is 35.5. The first-order valence-corrected chi connectivity index (χ1v) is 15.5. The maximum absolute atomic E-state index is 17.0. The molecular weight excluding hydrogens is 680 g/mol. The molecule has 0 unspecified atom stereocenters. The van der Waals surface area contributed by atoms with Crippen LogP contribution in [0.3, 0.4) is 0 Å². The number of hydrogen-bond acceptors (Lipinski definition) is 10. The minimum absolute atomic E-state index is 0.0303. The smallest absolute Gasteiger partial charge is 0.418 e. The fraction of sp³-hybridized carbons (Fsp3) is 0.387. The number of fused-ring (bicyclic) bond motifs is 1. The van der Waals surface area contributed by atoms with E-state index < -0.39 is 63.4 Å². The number of nitrogens with zero attached hydrogens (tertiary/aromatic N) is 7. The minimum atomic E-state index is -5.03. The number of likely N-dealkylation sites (tertiary alicyclic amines) is 1. The molecule has 1 aromatic carbocycles. The molecule has 5 aromatic rings. The summed E-state index contributed by atoms with van der Waals surface area (Å²) in [6.45, 7) is 3.46. The predicted octanol–water partition coefficient (Wildman–Crippen LogP) is 6.27. The Bertz CT molecular complexity index is 2100. The number of H-pyrrole nitrogens is 1. The predicted molar refractivity (Wildman–Crippen MR) is 168 cm³/mol. The Morgan fingerprint density at radius 3 is 2.67 bits per heavy atom. The third-order valence-corrected chi connectivity index (χ3v) is 9.24. The molecule has 11 nitrogen and oxygen atoms in total. The van der Waals surface area contributed by atoms with Crippen molar-refractivity contribution in [2.45, 2.75) is 50.7 Å². The highest BCUT2D eigenvalue weighted by Gasteiger charge is 2.41. The van der Waals surface area contributed by atoms with E-state index in [4.69, 9.17) is 26.8 Å². The third kappa shape index (κ3) is 5.67. The molecular formula is C31H28ClF6N9O2. The zero-order chi connectivity index (χ0) is 34.9. The summed E-state index contributed by atoms with van der Waals surface area (Å²) in [5, 5.41) is 5.52. The first-order valence-electron chi connectivity index (χ1n) is 15.2. The highest BCUT2D eigenvalue weighted by molar-refractivity contribution is 6.33. The molecule has 1 fully saturated rings. The largest absolute Gasteiger partial charge is 0.475 e. The van der Waals surface area contributed by atoms with Gasteiger partial charge in [0.05, 0.1) is 40.6 Å². The van der Waals surface area contributed by atoms with Crippen LogP contribution >= 0.6 is 11.6 Å². The molecule has 3 N–H and O–H groups in total. The van der Waals surface area contributed by atoms with Gasteiger partial charge in [-0.15, -0.1) is 0 Å². The Morgan fingerprint density at radius 1 is 1.18 bits per heavy atom. The molecule has 2 aliphatic rings. The molecule has 0 spiro atoms. The molecule has 7 rings (SSSR count). The zero-order valence-electron chi connectivity index (χ0n) is 26.1. The lowest BCUT2D eigenvalue weighted by atomic mass is 9.98. The molecule has 0 bridgehead atoms. The summed E-state index contributed by atoms with van der Waals surface area (Å²) < 4.78 is 101. The van der Waals surface area contributed by atoms with E-state index in [0.29, 0.717) is 0 Å². The number of nitrogens with two attached hydrogens (primary N) is 1. The Labute approximate surface area is 279 Å². The number of aromatic nitrogens is 6. The van der Waals surface area contributed by atoms with Gasteiger partial charge in [0, 0.05) is 29.1 Å². The number of anilines is 2. The zero-order valence-corrected chi connectivity index (χ0v) is 26.9. The van der Waals surface area contributed by atoms with E-state index in [0.717, 1.165) is 18.5 Å². The van der Waals surface area contributed by atoms with Crippen molar-refractivity contribution >= 4 is 45.0 Å². The molecule has 4 atom stereocenters. The van der Waals surface area contributed by atoms with Crippen LogP contribution < -0.4 is 20.1 Å². The lowest BCUT2D eigenvalue weighted by molar-refractivity contribution is -0.136. The van der Waals surface area contributed by atoms with E-state index in [2.05, 4.69) is 30.1 Å². The Kier molecular flexibility index (Phi) is 8.09. The molecule has 4 aromatic heterocycles. The van der Waals surface area contributed by atoms with E-state index >= 15 is 4.39 Å². The lowest BCUT2D eigenvalue weighted by Crippen LogP contribution is -2.39. The van der Waals surface area contributed by atoms with Gasteiger partial charge in [0.25, 0.3) is 0 Å². The van der Waals surface area contributed by atoms with Gasteiger partial charge in [0.1, 0.15) is 53.4 Å². The van der Waals surface area contributed by atoms with Gasteiger partial charge in [-0.3, -0.25) is 10.00 Å². The Balaban J connectivity index is 1.49. The van der Waals surface area contributed by atoms with Crippen LogP contribution in [-0.2, 0) is 6.18 Å². The molecule has 18 heteroatoms. The van der Waals surface area contributed by atoms with Gasteiger partial charge in [0.15, 0.2) is 5.82 Å². The molecule has 0 radical (unpaired) electrons. The van der Waals surface area contributed by atoms with E-state index in [1.807, 2.05) is 0 Å². The molecule has 0 amide bonds. The number of benzene rings is 1. The van der Waals surface area contributed by atoms with Crippen molar-refractivity contribution < 1.29 is 35.8 Å². The van der Waals surface area contributed by atoms with Crippen LogP contribution in [0.1, 0.15) is 37.4 Å². The normalized spacial score (nSPS) is 20.5. The second-order valence-corrected chi connectivity index (χ2v) is 12.6. The fourth-order valence-electron chi connectivity index (χ4n) is 6.59. The van der Waals surface area contributed by atoms with Crippen LogP contribution in [0.5, 0.6) is 11.9 Å². The number of pyridine rings is 2. The molecule has 49 heavy (non-hydrogen) atoms. The highest BCUT2D eigenvalue weighted by Crippen LogP contribution is 2.48. The van der Waals surface area contributed by atoms with Crippen molar-refractivity contribution in [3.63, 3.8) is 0 Å². The number of halogens is 7. The van der Waals surface area contributed by atoms with E-state index in [1.165, 1.54) is 6.07 Å². The number of ether oxygens (including phenoxy) is 2. The number of alkyl halides is 4. The van der Waals surface area contributed by atoms with E-state index in [9.17, 15) is 22.0 Å². The van der Waals surface area contributed by atoms with Crippen molar-refractivity contribution in [2.24, 2.45) is 0 Å². The maximum Gasteiger partial charge on any atom is 0.418 e. The van der Waals surface area contributed by atoms with Crippen molar-refractivity contribution in [1.82, 2.24) is 35.0 Å². The molecule has 0 saturated carbocycles. The number of rotatable bonds is 6. The number of hydrogen-bond donors (Lipinski definition) is 2. The van der Waals surface area contributed by atoms with Crippen LogP contribution in [0.25, 0.3) is 33.1 Å². The van der Waals surface area contributed by atoms with Crippen LogP contribution in [0.4, 0.5) is 38.0 Å². The van der Waals surface area contributed by atoms with Crippen molar-refractivity contribution in [2.75, 3.05) is 37.4 Å². The Morgan fingerprint density at radius 2 is 1.96 bits per heavy atom. The van der Waals surface area contributed by atoms with Gasteiger partial charge in [-0.1, -0.05) is 11.6 Å². The summed E-state index contributed by atoms with van der Waals surface area (Å²) >= 11 is 6.14. The number of aromatic amines is 1. The van der Waals surface area contributed by atoms with Gasteiger partial charge in [-0.25, -0.2) is 23.1 Å². The summed E-state index contributed by atoms with van der Waals surface area (Å²) in [4.78, 5) is 20.6. The summed E-state index contributed by atoms with van der Waals surface area (Å²) in [5.41, 5.74) is 3.31. The van der Waals surface area contributed by atoms with Crippen molar-refractivity contribution in [1.29, 1.82) is 0 Å². The summed E-state index contributed by atoms with van der Waals surface area (Å²) in [6.07, 6.45) is -3.84. The topological polar surface area (TPSA) is 131 Å². The van der Waals surface area contributed by atoms with Crippen molar-refractivity contribution in [3.05, 3.63) is 52.3 Å². The first kappa shape index (κ1) is 32.9. The maximum atomic E-state index is 17.0. The van der Waals surface area contributed by atoms with Gasteiger partial charge in [-0.05, 0) is 39.4 Å². The summed E-state index contributed by atoms with van der Waals surface area (Å²) in [6, 6.07) is 0.240. The van der Waals surface area contributed by atoms with Crippen LogP contribution in [0.15, 0.2) is 24.5 Å². The molecule has 6 heterocycles. The molecule has 258 valence electrons. The quantitative estimate of drug-likeness (QED) is 0.195. The first-order chi connectivity index (χ1) is 23.2. The molecule has 2 aliphatic heterocycles. The second kappa shape index (κ2) is 12.0. The average molecular weight is 708 g/mol. The monoisotopic (exact) mass is 707 g/mol. The van der Waals surface area contributed by atoms with Crippen LogP contribution in [-0.4, -0.2) is 80.1 Å². The summed E-state index contributed by atoms with van der Waals surface area (Å²) in [5.74, 6) is -2.10.